The monoisotopic (exact) mass is 287 g/mol. The lowest BCUT2D eigenvalue weighted by Crippen LogP contribution is -2.24. The third-order valence-electron chi connectivity index (χ3n) is 3.93. The molecule has 1 aliphatic heterocycles. The number of H-pyrrole nitrogens is 1. The summed E-state index contributed by atoms with van der Waals surface area (Å²) in [6.07, 6.45) is 2.99. The summed E-state index contributed by atoms with van der Waals surface area (Å²) in [7, 11) is 0. The molecule has 6 nitrogen and oxygen atoms in total. The van der Waals surface area contributed by atoms with E-state index in [4.69, 9.17) is 10.5 Å². The highest BCUT2D eigenvalue weighted by molar-refractivity contribution is 5.94. The first-order valence-corrected chi connectivity index (χ1v) is 7.04. The number of ether oxygens (including phenoxy) is 1. The van der Waals surface area contributed by atoms with Gasteiger partial charge in [0.05, 0.1) is 5.52 Å². The van der Waals surface area contributed by atoms with Crippen LogP contribution in [0.2, 0.25) is 0 Å². The van der Waals surface area contributed by atoms with Crippen molar-refractivity contribution in [1.82, 2.24) is 10.2 Å². The van der Waals surface area contributed by atoms with Crippen molar-refractivity contribution in [2.24, 2.45) is 11.7 Å². The number of nitrogens with zero attached hydrogens (tertiary/aromatic N) is 1. The molecule has 110 valence electrons. The van der Waals surface area contributed by atoms with Crippen LogP contribution in [0.5, 0.6) is 0 Å². The van der Waals surface area contributed by atoms with Gasteiger partial charge in [-0.2, -0.15) is 5.10 Å². The summed E-state index contributed by atoms with van der Waals surface area (Å²) in [5.74, 6) is -0.235. The van der Waals surface area contributed by atoms with Gasteiger partial charge in [0.25, 0.3) is 5.91 Å². The van der Waals surface area contributed by atoms with E-state index in [-0.39, 0.29) is 5.69 Å². The lowest BCUT2D eigenvalue weighted by atomic mass is 9.92. The Bertz CT molecular complexity index is 733. The summed E-state index contributed by atoms with van der Waals surface area (Å²) in [4.78, 5) is 23.4. The second kappa shape index (κ2) is 5.65. The summed E-state index contributed by atoms with van der Waals surface area (Å²) in [5.41, 5.74) is 6.20. The van der Waals surface area contributed by atoms with Crippen LogP contribution < -0.4 is 11.2 Å². The second-order valence-corrected chi connectivity index (χ2v) is 5.41. The highest BCUT2D eigenvalue weighted by atomic mass is 16.5. The van der Waals surface area contributed by atoms with Crippen LogP contribution in [0.15, 0.2) is 23.0 Å². The highest BCUT2D eigenvalue weighted by Crippen LogP contribution is 2.21. The van der Waals surface area contributed by atoms with Crippen molar-refractivity contribution in [3.05, 3.63) is 39.7 Å². The van der Waals surface area contributed by atoms with Gasteiger partial charge in [-0.25, -0.2) is 0 Å². The molecule has 3 rings (SSSR count). The van der Waals surface area contributed by atoms with Gasteiger partial charge in [0.1, 0.15) is 0 Å². The molecule has 1 saturated heterocycles. The molecule has 0 radical (unpaired) electrons. The van der Waals surface area contributed by atoms with Crippen molar-refractivity contribution in [2.45, 2.75) is 19.3 Å². The van der Waals surface area contributed by atoms with Gasteiger partial charge in [-0.05, 0) is 42.9 Å². The Morgan fingerprint density at radius 1 is 1.38 bits per heavy atom. The first-order chi connectivity index (χ1) is 10.1. The number of carbonyl (C=O) groups excluding carboxylic acids is 1. The number of fused-ring (bicyclic) bond motifs is 1. The first-order valence-electron chi connectivity index (χ1n) is 7.04. The fourth-order valence-corrected chi connectivity index (χ4v) is 2.75. The number of primary amides is 1. The van der Waals surface area contributed by atoms with Crippen molar-refractivity contribution in [3.63, 3.8) is 0 Å². The molecule has 1 aliphatic rings. The molecule has 1 aromatic heterocycles. The van der Waals surface area contributed by atoms with Crippen molar-refractivity contribution in [1.29, 1.82) is 0 Å². The van der Waals surface area contributed by atoms with E-state index >= 15 is 0 Å². The predicted molar refractivity (Wildman–Crippen MR) is 78.1 cm³/mol. The largest absolute Gasteiger partial charge is 0.381 e. The Labute approximate surface area is 121 Å². The Hall–Kier alpha value is -2.21. The summed E-state index contributed by atoms with van der Waals surface area (Å²) in [6, 6.07) is 5.64. The lowest BCUT2D eigenvalue weighted by molar-refractivity contribution is 0.0665. The molecular weight excluding hydrogens is 270 g/mol. The minimum absolute atomic E-state index is 0.245. The number of aromatic nitrogens is 2. The standard InChI is InChI=1S/C15H17N3O3/c16-15(20)13-14(19)11-8-10(1-2-12(11)17-18-13)7-9-3-5-21-6-4-9/h1-2,8-9H,3-7H2,(H2,16,20)(H,17,19). The molecule has 21 heavy (non-hydrogen) atoms. The Morgan fingerprint density at radius 2 is 2.14 bits per heavy atom. The molecule has 3 N–H and O–H groups in total. The number of carbonyl (C=O) groups is 1. The normalized spacial score (nSPS) is 16.2. The number of rotatable bonds is 3. The molecule has 1 amide bonds. The maximum absolute atomic E-state index is 12.2. The molecule has 0 bridgehead atoms. The van der Waals surface area contributed by atoms with Crippen molar-refractivity contribution in [3.8, 4) is 0 Å². The van der Waals surface area contributed by atoms with Gasteiger partial charge in [-0.1, -0.05) is 6.07 Å². The summed E-state index contributed by atoms with van der Waals surface area (Å²) in [5, 5.41) is 6.89. The van der Waals surface area contributed by atoms with Crippen molar-refractivity contribution < 1.29 is 9.53 Å². The molecule has 1 fully saturated rings. The Kier molecular flexibility index (Phi) is 3.70. The number of aromatic amines is 1. The quantitative estimate of drug-likeness (QED) is 0.879. The molecule has 0 aliphatic carbocycles. The van der Waals surface area contributed by atoms with Crippen LogP contribution >= 0.6 is 0 Å². The van der Waals surface area contributed by atoms with E-state index in [1.807, 2.05) is 18.2 Å². The molecule has 0 unspecified atom stereocenters. The maximum Gasteiger partial charge on any atom is 0.273 e. The van der Waals surface area contributed by atoms with Gasteiger partial charge in [0.2, 0.25) is 5.43 Å². The van der Waals surface area contributed by atoms with Crippen LogP contribution in [0.3, 0.4) is 0 Å². The van der Waals surface area contributed by atoms with Crippen molar-refractivity contribution in [2.75, 3.05) is 13.2 Å². The van der Waals surface area contributed by atoms with Crippen LogP contribution in [0.4, 0.5) is 0 Å². The lowest BCUT2D eigenvalue weighted by Gasteiger charge is -2.22. The van der Waals surface area contributed by atoms with Gasteiger partial charge in [-0.15, -0.1) is 0 Å². The average molecular weight is 287 g/mol. The molecule has 0 saturated carbocycles. The fraction of sp³-hybridized carbons (Fsp3) is 0.400. The first kappa shape index (κ1) is 13.8. The number of hydrogen-bond acceptors (Lipinski definition) is 4. The van der Waals surface area contributed by atoms with E-state index in [0.29, 0.717) is 16.8 Å². The average Bonchev–Trinajstić information content (AvgIpc) is 2.49. The van der Waals surface area contributed by atoms with Gasteiger partial charge in [0, 0.05) is 18.6 Å². The van der Waals surface area contributed by atoms with Crippen LogP contribution in [-0.2, 0) is 11.2 Å². The van der Waals surface area contributed by atoms with Crippen LogP contribution in [-0.4, -0.2) is 29.3 Å². The zero-order chi connectivity index (χ0) is 14.8. The minimum Gasteiger partial charge on any atom is -0.381 e. The summed E-state index contributed by atoms with van der Waals surface area (Å²) >= 11 is 0. The highest BCUT2D eigenvalue weighted by Gasteiger charge is 2.16. The number of nitrogens with one attached hydrogen (secondary N) is 1. The number of nitrogens with two attached hydrogens (primary N) is 1. The third kappa shape index (κ3) is 2.80. The van der Waals surface area contributed by atoms with E-state index in [1.165, 1.54) is 0 Å². The third-order valence-corrected chi connectivity index (χ3v) is 3.93. The molecule has 2 heterocycles. The van der Waals surface area contributed by atoms with Crippen molar-refractivity contribution >= 4 is 16.8 Å². The predicted octanol–water partition coefficient (Wildman–Crippen LogP) is 0.991. The second-order valence-electron chi connectivity index (χ2n) is 5.41. The van der Waals surface area contributed by atoms with Crippen LogP contribution in [0.1, 0.15) is 28.9 Å². The Balaban J connectivity index is 1.96. The van der Waals surface area contributed by atoms with E-state index in [0.717, 1.165) is 38.0 Å². The molecule has 6 heteroatoms. The number of amides is 1. The molecule has 0 spiro atoms. The van der Waals surface area contributed by atoms with Gasteiger partial charge >= 0.3 is 0 Å². The number of benzene rings is 1. The van der Waals surface area contributed by atoms with Gasteiger partial charge in [0.15, 0.2) is 5.69 Å². The Morgan fingerprint density at radius 3 is 2.86 bits per heavy atom. The van der Waals surface area contributed by atoms with E-state index in [9.17, 15) is 9.59 Å². The van der Waals surface area contributed by atoms with Gasteiger partial charge in [-0.3, -0.25) is 14.7 Å². The van der Waals surface area contributed by atoms with E-state index < -0.39 is 11.3 Å². The zero-order valence-electron chi connectivity index (χ0n) is 11.6. The molecular formula is C15H17N3O3. The SMILES string of the molecule is NC(=O)c1n[nH]c2ccc(CC3CCOCC3)cc2c1=O. The fourth-order valence-electron chi connectivity index (χ4n) is 2.75. The van der Waals surface area contributed by atoms with Gasteiger partial charge < -0.3 is 10.5 Å². The number of hydrogen-bond donors (Lipinski definition) is 2. The maximum atomic E-state index is 12.2. The van der Waals surface area contributed by atoms with Crippen LogP contribution in [0.25, 0.3) is 10.9 Å². The van der Waals surface area contributed by atoms with E-state index in [1.54, 1.807) is 0 Å². The summed E-state index contributed by atoms with van der Waals surface area (Å²) in [6.45, 7) is 1.60. The minimum atomic E-state index is -0.812. The van der Waals surface area contributed by atoms with E-state index in [2.05, 4.69) is 10.2 Å². The zero-order valence-corrected chi connectivity index (χ0v) is 11.6. The summed E-state index contributed by atoms with van der Waals surface area (Å²) < 4.78 is 5.35. The van der Waals surface area contributed by atoms with Crippen LogP contribution in [0, 0.1) is 5.92 Å². The molecule has 0 atom stereocenters. The topological polar surface area (TPSA) is 98.1 Å². The smallest absolute Gasteiger partial charge is 0.273 e. The molecule has 1 aromatic carbocycles. The molecule has 2 aromatic rings.